The van der Waals surface area contributed by atoms with E-state index in [9.17, 15) is 19.2 Å². The van der Waals surface area contributed by atoms with Crippen LogP contribution in [0.2, 0.25) is 0 Å². The molecule has 10 nitrogen and oxygen atoms in total. The Morgan fingerprint density at radius 1 is 1.13 bits per heavy atom. The van der Waals surface area contributed by atoms with Crippen molar-refractivity contribution in [2.45, 2.75) is 76.2 Å². The fourth-order valence-electron chi connectivity index (χ4n) is 4.97. The molecule has 2 heterocycles. The molecule has 0 radical (unpaired) electrons. The van der Waals surface area contributed by atoms with Crippen molar-refractivity contribution >= 4 is 29.3 Å². The minimum Gasteiger partial charge on any atom is -0.350 e. The monoisotopic (exact) mass is 526 g/mol. The van der Waals surface area contributed by atoms with Crippen LogP contribution in [0.3, 0.4) is 0 Å². The van der Waals surface area contributed by atoms with E-state index in [2.05, 4.69) is 21.3 Å². The van der Waals surface area contributed by atoms with Crippen LogP contribution in [0.25, 0.3) is 0 Å². The van der Waals surface area contributed by atoms with Crippen molar-refractivity contribution in [1.29, 1.82) is 0 Å². The number of nitrogens with zero attached hydrogens (tertiary/aromatic N) is 2. The van der Waals surface area contributed by atoms with Gasteiger partial charge in [0.2, 0.25) is 23.6 Å². The lowest BCUT2D eigenvalue weighted by atomic mass is 9.98. The van der Waals surface area contributed by atoms with Crippen LogP contribution in [0, 0.1) is 0 Å². The Bertz CT molecular complexity index is 1030. The average Bonchev–Trinajstić information content (AvgIpc) is 3.30. The van der Waals surface area contributed by atoms with Crippen LogP contribution in [0.5, 0.6) is 0 Å². The third-order valence-corrected chi connectivity index (χ3v) is 7.18. The van der Waals surface area contributed by atoms with Gasteiger partial charge in [0.05, 0.1) is 6.04 Å². The number of nitrogens with one attached hydrogen (secondary N) is 4. The van der Waals surface area contributed by atoms with E-state index in [-0.39, 0.29) is 36.2 Å². The molecule has 10 heteroatoms. The average molecular weight is 527 g/mol. The highest BCUT2D eigenvalue weighted by Gasteiger charge is 2.43. The summed E-state index contributed by atoms with van der Waals surface area (Å²) < 4.78 is 0. The molecule has 2 aliphatic rings. The van der Waals surface area contributed by atoms with Gasteiger partial charge in [-0.25, -0.2) is 0 Å². The first kappa shape index (κ1) is 29.3. The molecular formula is C28H42N6O4. The maximum atomic E-state index is 13.5. The Balaban J connectivity index is 1.61. The van der Waals surface area contributed by atoms with Gasteiger partial charge < -0.3 is 31.1 Å². The lowest BCUT2D eigenvalue weighted by molar-refractivity contribution is -0.144. The third kappa shape index (κ3) is 8.13. The van der Waals surface area contributed by atoms with Gasteiger partial charge in [0.1, 0.15) is 12.1 Å². The summed E-state index contributed by atoms with van der Waals surface area (Å²) in [6.07, 6.45) is 7.93. The molecule has 1 aromatic carbocycles. The highest BCUT2D eigenvalue weighted by molar-refractivity contribution is 5.99. The summed E-state index contributed by atoms with van der Waals surface area (Å²) in [6, 6.07) is 5.75. The molecule has 38 heavy (non-hydrogen) atoms. The first-order valence-corrected chi connectivity index (χ1v) is 13.5. The summed E-state index contributed by atoms with van der Waals surface area (Å²) in [6.45, 7) is 2.70. The number of fused-ring (bicyclic) bond motifs is 1. The highest BCUT2D eigenvalue weighted by Crippen LogP contribution is 2.31. The maximum absolute atomic E-state index is 13.5. The Labute approximate surface area is 225 Å². The molecular weight excluding hydrogens is 484 g/mol. The number of likely N-dealkylation sites (N-methyl/N-ethyl adjacent to an activating group) is 2. The molecule has 3 rings (SSSR count). The van der Waals surface area contributed by atoms with Crippen LogP contribution in [-0.2, 0) is 25.7 Å². The summed E-state index contributed by atoms with van der Waals surface area (Å²) in [5.41, 5.74) is 1.48. The largest absolute Gasteiger partial charge is 0.350 e. The van der Waals surface area contributed by atoms with E-state index in [4.69, 9.17) is 0 Å². The number of carbonyl (C=O) groups excluding carboxylic acids is 4. The van der Waals surface area contributed by atoms with E-state index in [1.807, 2.05) is 37.2 Å². The Kier molecular flexibility index (Phi) is 10.8. The van der Waals surface area contributed by atoms with E-state index >= 15 is 0 Å². The molecule has 4 N–H and O–H groups in total. The molecule has 1 aromatic rings. The molecule has 2 aliphatic heterocycles. The highest BCUT2D eigenvalue weighted by atomic mass is 16.2. The minimum absolute atomic E-state index is 0.0127. The number of carbonyl (C=O) groups is 4. The van der Waals surface area contributed by atoms with Gasteiger partial charge in [-0.3, -0.25) is 19.2 Å². The summed E-state index contributed by atoms with van der Waals surface area (Å²) in [5.74, 6) is -0.804. The SMILES string of the molecule is CNC(C)C(=O)N[C@H]1CCCC[C@H]2CC[C@@H](C(=O)NCc3cccc(NC(=O)C=CCN(C)C)c3)N2C1=O. The first-order valence-electron chi connectivity index (χ1n) is 13.5. The van der Waals surface area contributed by atoms with Gasteiger partial charge in [0.25, 0.3) is 0 Å². The van der Waals surface area contributed by atoms with Crippen molar-refractivity contribution in [2.75, 3.05) is 33.0 Å². The molecule has 0 aliphatic carbocycles. The number of benzene rings is 1. The van der Waals surface area contributed by atoms with Crippen molar-refractivity contribution < 1.29 is 19.2 Å². The van der Waals surface area contributed by atoms with E-state index in [1.165, 1.54) is 6.08 Å². The normalized spacial score (nSPS) is 22.5. The number of hydrogen-bond donors (Lipinski definition) is 4. The Hall–Kier alpha value is -3.24. The van der Waals surface area contributed by atoms with Crippen molar-refractivity contribution in [1.82, 2.24) is 25.8 Å². The summed E-state index contributed by atoms with van der Waals surface area (Å²) in [5, 5.41) is 11.6. The third-order valence-electron chi connectivity index (χ3n) is 7.18. The van der Waals surface area contributed by atoms with Crippen molar-refractivity contribution in [3.63, 3.8) is 0 Å². The second kappa shape index (κ2) is 14.1. The molecule has 208 valence electrons. The minimum atomic E-state index is -0.624. The second-order valence-electron chi connectivity index (χ2n) is 10.4. The number of amides is 4. The second-order valence-corrected chi connectivity index (χ2v) is 10.4. The molecule has 1 unspecified atom stereocenters. The zero-order chi connectivity index (χ0) is 27.7. The van der Waals surface area contributed by atoms with Gasteiger partial charge in [0, 0.05) is 30.9 Å². The van der Waals surface area contributed by atoms with Crippen LogP contribution in [0.4, 0.5) is 5.69 Å². The predicted molar refractivity (Wildman–Crippen MR) is 147 cm³/mol. The number of hydrogen-bond acceptors (Lipinski definition) is 6. The summed E-state index contributed by atoms with van der Waals surface area (Å²) >= 11 is 0. The van der Waals surface area contributed by atoms with E-state index in [0.29, 0.717) is 25.1 Å². The van der Waals surface area contributed by atoms with Crippen LogP contribution in [0.15, 0.2) is 36.4 Å². The zero-order valence-electron chi connectivity index (χ0n) is 23.0. The van der Waals surface area contributed by atoms with Gasteiger partial charge in [-0.15, -0.1) is 0 Å². The topological polar surface area (TPSA) is 123 Å². The van der Waals surface area contributed by atoms with E-state index in [0.717, 1.165) is 31.2 Å². The first-order chi connectivity index (χ1) is 18.2. The van der Waals surface area contributed by atoms with Crippen molar-refractivity contribution in [3.8, 4) is 0 Å². The predicted octanol–water partition coefficient (Wildman–Crippen LogP) is 1.39. The fourth-order valence-corrected chi connectivity index (χ4v) is 4.97. The molecule has 0 bridgehead atoms. The van der Waals surface area contributed by atoms with Gasteiger partial charge >= 0.3 is 0 Å². The van der Waals surface area contributed by atoms with Gasteiger partial charge in [-0.05, 0) is 71.4 Å². The molecule has 0 saturated carbocycles. The quantitative estimate of drug-likeness (QED) is 0.342. The van der Waals surface area contributed by atoms with Crippen LogP contribution in [-0.4, -0.2) is 85.3 Å². The van der Waals surface area contributed by atoms with Crippen LogP contribution in [0.1, 0.15) is 51.0 Å². The molecule has 0 spiro atoms. The number of anilines is 1. The van der Waals surface area contributed by atoms with Gasteiger partial charge in [0.15, 0.2) is 0 Å². The molecule has 0 aromatic heterocycles. The summed E-state index contributed by atoms with van der Waals surface area (Å²) in [7, 11) is 5.56. The molecule has 2 fully saturated rings. The fraction of sp³-hybridized carbons (Fsp3) is 0.571. The van der Waals surface area contributed by atoms with Crippen molar-refractivity contribution in [3.05, 3.63) is 42.0 Å². The molecule has 2 saturated heterocycles. The van der Waals surface area contributed by atoms with E-state index in [1.54, 1.807) is 31.0 Å². The van der Waals surface area contributed by atoms with Gasteiger partial charge in [-0.2, -0.15) is 0 Å². The Morgan fingerprint density at radius 2 is 1.89 bits per heavy atom. The molecule has 4 amide bonds. The standard InChI is InChI=1S/C28H42N6O4/c1-19(29-2)26(36)32-23-12-6-5-11-22-14-15-24(34(22)28(23)38)27(37)30-18-20-9-7-10-21(17-20)31-25(35)13-8-16-33(3)4/h7-10,13,17,19,22-24,29H,5-6,11-12,14-16,18H2,1-4H3,(H,30,37)(H,31,35)(H,32,36)/t19?,22-,23-,24-/m0/s1. The number of rotatable bonds is 10. The zero-order valence-corrected chi connectivity index (χ0v) is 23.0. The lowest BCUT2D eigenvalue weighted by Crippen LogP contribution is -2.57. The van der Waals surface area contributed by atoms with E-state index < -0.39 is 18.1 Å². The van der Waals surface area contributed by atoms with Crippen LogP contribution >= 0.6 is 0 Å². The Morgan fingerprint density at radius 3 is 2.63 bits per heavy atom. The molecule has 4 atom stereocenters. The maximum Gasteiger partial charge on any atom is 0.248 e. The summed E-state index contributed by atoms with van der Waals surface area (Å²) in [4.78, 5) is 55.1. The smallest absolute Gasteiger partial charge is 0.248 e. The van der Waals surface area contributed by atoms with Gasteiger partial charge in [-0.1, -0.05) is 31.1 Å². The van der Waals surface area contributed by atoms with Crippen molar-refractivity contribution in [2.24, 2.45) is 0 Å². The lowest BCUT2D eigenvalue weighted by Gasteiger charge is -2.35. The van der Waals surface area contributed by atoms with Crippen LogP contribution < -0.4 is 21.3 Å².